The molecule has 0 spiro atoms. The van der Waals surface area contributed by atoms with Crippen molar-refractivity contribution in [3.8, 4) is 0 Å². The maximum Gasteiger partial charge on any atom is 0.255 e. The van der Waals surface area contributed by atoms with Gasteiger partial charge in [0.05, 0.1) is 0 Å². The van der Waals surface area contributed by atoms with Crippen LogP contribution in [0.4, 0.5) is 10.1 Å². The third-order valence-electron chi connectivity index (χ3n) is 3.79. The molecule has 0 saturated carbocycles. The van der Waals surface area contributed by atoms with Gasteiger partial charge in [-0.3, -0.25) is 9.59 Å². The summed E-state index contributed by atoms with van der Waals surface area (Å²) in [5.74, 6) is -1.01. The van der Waals surface area contributed by atoms with E-state index in [1.54, 1.807) is 30.3 Å². The van der Waals surface area contributed by atoms with E-state index in [0.717, 1.165) is 5.56 Å². The summed E-state index contributed by atoms with van der Waals surface area (Å²) < 4.78 is 13.2. The van der Waals surface area contributed by atoms with Gasteiger partial charge in [0.2, 0.25) is 0 Å². The Labute approximate surface area is 150 Å². The lowest BCUT2D eigenvalue weighted by atomic mass is 10.1. The van der Waals surface area contributed by atoms with Gasteiger partial charge >= 0.3 is 0 Å². The Balaban J connectivity index is 1.60. The number of halogens is 1. The summed E-state index contributed by atoms with van der Waals surface area (Å²) in [5, 5.41) is 5.44. The number of amides is 2. The molecule has 0 bridgehead atoms. The van der Waals surface area contributed by atoms with Crippen LogP contribution in [-0.2, 0) is 6.54 Å². The molecule has 3 aromatic carbocycles. The topological polar surface area (TPSA) is 58.2 Å². The maximum atomic E-state index is 13.2. The van der Waals surface area contributed by atoms with Crippen LogP contribution < -0.4 is 10.6 Å². The Morgan fingerprint density at radius 3 is 2.08 bits per heavy atom. The van der Waals surface area contributed by atoms with Crippen LogP contribution in [0.3, 0.4) is 0 Å². The van der Waals surface area contributed by atoms with Crippen molar-refractivity contribution in [2.45, 2.75) is 6.54 Å². The number of benzene rings is 3. The van der Waals surface area contributed by atoms with Crippen molar-refractivity contribution in [3.63, 3.8) is 0 Å². The Morgan fingerprint density at radius 1 is 0.769 bits per heavy atom. The van der Waals surface area contributed by atoms with Crippen LogP contribution >= 0.6 is 0 Å². The zero-order valence-electron chi connectivity index (χ0n) is 13.9. The number of anilines is 1. The summed E-state index contributed by atoms with van der Waals surface area (Å²) in [4.78, 5) is 24.4. The fraction of sp³-hybridized carbons (Fsp3) is 0.0476. The van der Waals surface area contributed by atoms with E-state index in [2.05, 4.69) is 10.6 Å². The molecule has 0 aliphatic heterocycles. The second-order valence-corrected chi connectivity index (χ2v) is 5.71. The average Bonchev–Trinajstić information content (AvgIpc) is 2.67. The van der Waals surface area contributed by atoms with E-state index in [1.165, 1.54) is 18.2 Å². The molecule has 0 fully saturated rings. The summed E-state index contributed by atoms with van der Waals surface area (Å²) in [6.07, 6.45) is 0. The van der Waals surface area contributed by atoms with Crippen LogP contribution in [0.2, 0.25) is 0 Å². The minimum Gasteiger partial charge on any atom is -0.348 e. The second kappa shape index (κ2) is 8.07. The molecule has 3 aromatic rings. The standard InChI is InChI=1S/C21H17FN2O2/c22-18-7-4-8-19(13-18)24-21(26)17-11-9-16(10-12-17)20(25)23-14-15-5-2-1-3-6-15/h1-13H,14H2,(H,23,25)(H,24,26). The van der Waals surface area contributed by atoms with E-state index in [1.807, 2.05) is 30.3 Å². The SMILES string of the molecule is O=C(NCc1ccccc1)c1ccc(C(=O)Nc2cccc(F)c2)cc1. The number of rotatable bonds is 5. The average molecular weight is 348 g/mol. The van der Waals surface area contributed by atoms with Crippen LogP contribution in [0, 0.1) is 5.82 Å². The van der Waals surface area contributed by atoms with Crippen molar-refractivity contribution in [2.24, 2.45) is 0 Å². The van der Waals surface area contributed by atoms with Gasteiger partial charge in [0.1, 0.15) is 5.82 Å². The van der Waals surface area contributed by atoms with Gasteiger partial charge in [-0.25, -0.2) is 4.39 Å². The number of hydrogen-bond acceptors (Lipinski definition) is 2. The Hall–Kier alpha value is -3.47. The van der Waals surface area contributed by atoms with E-state index < -0.39 is 5.82 Å². The highest BCUT2D eigenvalue weighted by Crippen LogP contribution is 2.12. The molecule has 0 saturated heterocycles. The van der Waals surface area contributed by atoms with Gasteiger partial charge in [-0.05, 0) is 48.0 Å². The largest absolute Gasteiger partial charge is 0.348 e. The zero-order valence-corrected chi connectivity index (χ0v) is 13.9. The predicted octanol–water partition coefficient (Wildman–Crippen LogP) is 4.01. The van der Waals surface area contributed by atoms with Crippen molar-refractivity contribution < 1.29 is 14.0 Å². The second-order valence-electron chi connectivity index (χ2n) is 5.71. The predicted molar refractivity (Wildman–Crippen MR) is 98.4 cm³/mol. The fourth-order valence-corrected chi connectivity index (χ4v) is 2.42. The van der Waals surface area contributed by atoms with E-state index in [4.69, 9.17) is 0 Å². The Bertz CT molecular complexity index is 909. The molecular weight excluding hydrogens is 331 g/mol. The van der Waals surface area contributed by atoms with Crippen LogP contribution in [0.1, 0.15) is 26.3 Å². The first-order valence-electron chi connectivity index (χ1n) is 8.11. The minimum absolute atomic E-state index is 0.217. The third-order valence-corrected chi connectivity index (χ3v) is 3.79. The quantitative estimate of drug-likeness (QED) is 0.732. The Kier molecular flexibility index (Phi) is 5.39. The molecule has 4 nitrogen and oxygen atoms in total. The molecule has 0 atom stereocenters. The normalized spacial score (nSPS) is 10.2. The van der Waals surface area contributed by atoms with E-state index in [0.29, 0.717) is 23.4 Å². The maximum absolute atomic E-state index is 13.2. The molecule has 0 heterocycles. The van der Waals surface area contributed by atoms with Crippen molar-refractivity contribution in [1.82, 2.24) is 5.32 Å². The molecule has 5 heteroatoms. The lowest BCUT2D eigenvalue weighted by Crippen LogP contribution is -2.22. The van der Waals surface area contributed by atoms with Crippen LogP contribution in [0.5, 0.6) is 0 Å². The van der Waals surface area contributed by atoms with Crippen LogP contribution in [0.15, 0.2) is 78.9 Å². The summed E-state index contributed by atoms with van der Waals surface area (Å²) >= 11 is 0. The van der Waals surface area contributed by atoms with Crippen molar-refractivity contribution in [2.75, 3.05) is 5.32 Å². The van der Waals surface area contributed by atoms with E-state index in [9.17, 15) is 14.0 Å². The molecule has 2 amide bonds. The van der Waals surface area contributed by atoms with Crippen LogP contribution in [-0.4, -0.2) is 11.8 Å². The highest BCUT2D eigenvalue weighted by Gasteiger charge is 2.09. The number of nitrogens with one attached hydrogen (secondary N) is 2. The van der Waals surface area contributed by atoms with Gasteiger partial charge in [-0.1, -0.05) is 36.4 Å². The van der Waals surface area contributed by atoms with E-state index in [-0.39, 0.29) is 11.8 Å². The summed E-state index contributed by atoms with van der Waals surface area (Å²) in [5.41, 5.74) is 2.23. The van der Waals surface area contributed by atoms with Gasteiger partial charge in [-0.2, -0.15) is 0 Å². The molecular formula is C21H17FN2O2. The summed E-state index contributed by atoms with van der Waals surface area (Å²) in [6.45, 7) is 0.432. The number of hydrogen-bond donors (Lipinski definition) is 2. The fourth-order valence-electron chi connectivity index (χ4n) is 2.42. The lowest BCUT2D eigenvalue weighted by Gasteiger charge is -2.07. The molecule has 0 radical (unpaired) electrons. The zero-order chi connectivity index (χ0) is 18.4. The highest BCUT2D eigenvalue weighted by atomic mass is 19.1. The number of carbonyl (C=O) groups excluding carboxylic acids is 2. The van der Waals surface area contributed by atoms with Gasteiger partial charge in [0.25, 0.3) is 11.8 Å². The van der Waals surface area contributed by atoms with Gasteiger partial charge in [0.15, 0.2) is 0 Å². The molecule has 0 unspecified atom stereocenters. The monoisotopic (exact) mass is 348 g/mol. The molecule has 0 aromatic heterocycles. The minimum atomic E-state index is -0.423. The van der Waals surface area contributed by atoms with Crippen molar-refractivity contribution in [1.29, 1.82) is 0 Å². The highest BCUT2D eigenvalue weighted by molar-refractivity contribution is 6.05. The molecule has 0 aliphatic carbocycles. The first-order valence-corrected chi connectivity index (χ1v) is 8.11. The first kappa shape index (κ1) is 17.4. The lowest BCUT2D eigenvalue weighted by molar-refractivity contribution is 0.0949. The summed E-state index contributed by atoms with van der Waals surface area (Å²) in [7, 11) is 0. The molecule has 0 aliphatic rings. The first-order chi connectivity index (χ1) is 12.6. The molecule has 26 heavy (non-hydrogen) atoms. The summed E-state index contributed by atoms with van der Waals surface area (Å²) in [6, 6.07) is 21.6. The molecule has 130 valence electrons. The van der Waals surface area contributed by atoms with Crippen molar-refractivity contribution >= 4 is 17.5 Å². The number of carbonyl (C=O) groups is 2. The molecule has 3 rings (SSSR count). The third kappa shape index (κ3) is 4.54. The van der Waals surface area contributed by atoms with Gasteiger partial charge in [0, 0.05) is 23.4 Å². The van der Waals surface area contributed by atoms with Crippen LogP contribution in [0.25, 0.3) is 0 Å². The molecule has 2 N–H and O–H groups in total. The van der Waals surface area contributed by atoms with Gasteiger partial charge in [-0.15, -0.1) is 0 Å². The van der Waals surface area contributed by atoms with Crippen molar-refractivity contribution in [3.05, 3.63) is 101 Å². The smallest absolute Gasteiger partial charge is 0.255 e. The van der Waals surface area contributed by atoms with Gasteiger partial charge < -0.3 is 10.6 Å². The Morgan fingerprint density at radius 2 is 1.42 bits per heavy atom. The van der Waals surface area contributed by atoms with E-state index >= 15 is 0 Å².